The van der Waals surface area contributed by atoms with Gasteiger partial charge in [-0.2, -0.15) is 0 Å². The molecule has 5 heteroatoms. The van der Waals surface area contributed by atoms with Gasteiger partial charge in [0.2, 0.25) is 5.91 Å². The SMILES string of the molecule is COc1ccc2c(c1)/C(=C/C(=O)c1cccc(NC(=O)CCc3ccccc3)c1)NC(C)(C)C2. The van der Waals surface area contributed by atoms with E-state index in [1.54, 1.807) is 37.5 Å². The standard InChI is InChI=1S/C29H30N2O3/c1-29(2)19-22-13-14-24(34-3)17-25(22)26(31-29)18-27(32)21-10-7-11-23(16-21)30-28(33)15-12-20-8-5-4-6-9-20/h4-11,13-14,16-18,31H,12,15,19H2,1-3H3,(H,30,33)/b26-18-. The Morgan fingerprint density at radius 3 is 2.59 bits per heavy atom. The second kappa shape index (κ2) is 9.96. The number of nitrogens with one attached hydrogen (secondary N) is 2. The van der Waals surface area contributed by atoms with Crippen molar-refractivity contribution in [1.82, 2.24) is 5.32 Å². The van der Waals surface area contributed by atoms with Crippen LogP contribution in [0.4, 0.5) is 5.69 Å². The first-order chi connectivity index (χ1) is 16.3. The fraction of sp³-hybridized carbons (Fsp3) is 0.241. The Morgan fingerprint density at radius 2 is 1.82 bits per heavy atom. The average Bonchev–Trinajstić information content (AvgIpc) is 2.82. The van der Waals surface area contributed by atoms with E-state index in [4.69, 9.17) is 4.74 Å². The number of ketones is 1. The number of ether oxygens (including phenoxy) is 1. The van der Waals surface area contributed by atoms with Crippen molar-refractivity contribution < 1.29 is 14.3 Å². The van der Waals surface area contributed by atoms with Crippen molar-refractivity contribution in [2.45, 2.75) is 38.6 Å². The minimum Gasteiger partial charge on any atom is -0.497 e. The van der Waals surface area contributed by atoms with Crippen molar-refractivity contribution in [2.24, 2.45) is 0 Å². The van der Waals surface area contributed by atoms with Crippen molar-refractivity contribution in [1.29, 1.82) is 0 Å². The number of benzene rings is 3. The van der Waals surface area contributed by atoms with Crippen LogP contribution in [0.25, 0.3) is 5.70 Å². The first-order valence-electron chi connectivity index (χ1n) is 11.5. The van der Waals surface area contributed by atoms with Crippen molar-refractivity contribution in [3.63, 3.8) is 0 Å². The van der Waals surface area contributed by atoms with Crippen LogP contribution in [-0.2, 0) is 17.6 Å². The maximum atomic E-state index is 13.2. The molecule has 1 aliphatic heterocycles. The summed E-state index contributed by atoms with van der Waals surface area (Å²) in [5, 5.41) is 6.41. The molecule has 5 nitrogen and oxygen atoms in total. The largest absolute Gasteiger partial charge is 0.497 e. The van der Waals surface area contributed by atoms with E-state index >= 15 is 0 Å². The third-order valence-electron chi connectivity index (χ3n) is 5.90. The van der Waals surface area contributed by atoms with Gasteiger partial charge in [0.1, 0.15) is 5.75 Å². The summed E-state index contributed by atoms with van der Waals surface area (Å²) < 4.78 is 5.39. The molecule has 34 heavy (non-hydrogen) atoms. The Morgan fingerprint density at radius 1 is 1.03 bits per heavy atom. The van der Waals surface area contributed by atoms with Gasteiger partial charge >= 0.3 is 0 Å². The monoisotopic (exact) mass is 454 g/mol. The molecule has 2 N–H and O–H groups in total. The molecule has 1 aliphatic rings. The summed E-state index contributed by atoms with van der Waals surface area (Å²) in [6.45, 7) is 4.23. The van der Waals surface area contributed by atoms with Crippen LogP contribution in [0.1, 0.15) is 47.3 Å². The van der Waals surface area contributed by atoms with E-state index < -0.39 is 0 Å². The minimum absolute atomic E-state index is 0.0801. The zero-order chi connectivity index (χ0) is 24.1. The van der Waals surface area contributed by atoms with E-state index in [0.29, 0.717) is 24.1 Å². The van der Waals surface area contributed by atoms with Crippen LogP contribution in [0.3, 0.4) is 0 Å². The van der Waals surface area contributed by atoms with Crippen molar-refractivity contribution in [2.75, 3.05) is 12.4 Å². The van der Waals surface area contributed by atoms with Crippen molar-refractivity contribution >= 4 is 23.1 Å². The van der Waals surface area contributed by atoms with Crippen LogP contribution in [0.2, 0.25) is 0 Å². The normalized spacial score (nSPS) is 15.2. The second-order valence-corrected chi connectivity index (χ2v) is 9.25. The number of hydrogen-bond donors (Lipinski definition) is 2. The molecule has 174 valence electrons. The molecule has 1 heterocycles. The highest BCUT2D eigenvalue weighted by Crippen LogP contribution is 2.32. The lowest BCUT2D eigenvalue weighted by atomic mass is 9.85. The van der Waals surface area contributed by atoms with Gasteiger partial charge in [-0.15, -0.1) is 0 Å². The number of fused-ring (bicyclic) bond motifs is 1. The van der Waals surface area contributed by atoms with Crippen molar-refractivity contribution in [3.05, 3.63) is 101 Å². The molecule has 0 saturated heterocycles. The zero-order valence-corrected chi connectivity index (χ0v) is 19.9. The topological polar surface area (TPSA) is 67.4 Å². The van der Waals surface area contributed by atoms with Gasteiger partial charge in [0.05, 0.1) is 7.11 Å². The molecular weight excluding hydrogens is 424 g/mol. The molecule has 0 bridgehead atoms. The Balaban J connectivity index is 1.50. The molecule has 1 amide bonds. The first kappa shape index (κ1) is 23.3. The number of carbonyl (C=O) groups excluding carboxylic acids is 2. The van der Waals surface area contributed by atoms with Crippen LogP contribution in [-0.4, -0.2) is 24.3 Å². The highest BCUT2D eigenvalue weighted by atomic mass is 16.5. The molecule has 3 aromatic rings. The lowest BCUT2D eigenvalue weighted by Crippen LogP contribution is -2.43. The van der Waals surface area contributed by atoms with Gasteiger partial charge < -0.3 is 15.4 Å². The Labute approximate surface area is 200 Å². The molecule has 0 fully saturated rings. The number of rotatable bonds is 7. The Kier molecular flexibility index (Phi) is 6.82. The smallest absolute Gasteiger partial charge is 0.224 e. The summed E-state index contributed by atoms with van der Waals surface area (Å²) in [6, 6.07) is 22.9. The van der Waals surface area contributed by atoms with Gasteiger partial charge in [0, 0.05) is 40.5 Å². The number of allylic oxidation sites excluding steroid dienone is 1. The molecule has 3 aromatic carbocycles. The summed E-state index contributed by atoms with van der Waals surface area (Å²) in [7, 11) is 1.64. The molecule has 0 aromatic heterocycles. The van der Waals surface area contributed by atoms with Gasteiger partial charge in [0.25, 0.3) is 0 Å². The molecule has 0 atom stereocenters. The van der Waals surface area contributed by atoms with Gasteiger partial charge in [-0.3, -0.25) is 9.59 Å². The van der Waals surface area contributed by atoms with E-state index in [1.165, 1.54) is 5.56 Å². The molecular formula is C29H30N2O3. The van der Waals surface area contributed by atoms with E-state index in [-0.39, 0.29) is 17.2 Å². The van der Waals surface area contributed by atoms with E-state index in [9.17, 15) is 9.59 Å². The number of aryl methyl sites for hydroxylation is 1. The highest BCUT2D eigenvalue weighted by molar-refractivity contribution is 6.09. The fourth-order valence-corrected chi connectivity index (χ4v) is 4.24. The fourth-order valence-electron chi connectivity index (χ4n) is 4.24. The third-order valence-corrected chi connectivity index (χ3v) is 5.90. The van der Waals surface area contributed by atoms with Gasteiger partial charge in [-0.1, -0.05) is 48.5 Å². The Bertz CT molecular complexity index is 1230. The van der Waals surface area contributed by atoms with Gasteiger partial charge in [-0.25, -0.2) is 0 Å². The highest BCUT2D eigenvalue weighted by Gasteiger charge is 2.28. The van der Waals surface area contributed by atoms with Crippen molar-refractivity contribution in [3.8, 4) is 5.75 Å². The predicted octanol–water partition coefficient (Wildman–Crippen LogP) is 5.41. The van der Waals surface area contributed by atoms with Crippen LogP contribution in [0, 0.1) is 0 Å². The Hall–Kier alpha value is -3.86. The number of hydrogen-bond acceptors (Lipinski definition) is 4. The third kappa shape index (κ3) is 5.73. The molecule has 0 spiro atoms. The number of amides is 1. The van der Waals surface area contributed by atoms with Gasteiger partial charge in [0.15, 0.2) is 5.78 Å². The maximum absolute atomic E-state index is 13.2. The second-order valence-electron chi connectivity index (χ2n) is 9.25. The summed E-state index contributed by atoms with van der Waals surface area (Å²) in [5.74, 6) is 0.539. The number of carbonyl (C=O) groups is 2. The molecule has 0 radical (unpaired) electrons. The predicted molar refractivity (Wildman–Crippen MR) is 136 cm³/mol. The average molecular weight is 455 g/mol. The quantitative estimate of drug-likeness (QED) is 0.370. The summed E-state index contributed by atoms with van der Waals surface area (Å²) >= 11 is 0. The number of methoxy groups -OCH3 is 1. The first-order valence-corrected chi connectivity index (χ1v) is 11.5. The molecule has 0 unspecified atom stereocenters. The van der Waals surface area contributed by atoms with Gasteiger partial charge in [-0.05, 0) is 62.1 Å². The number of anilines is 1. The van der Waals surface area contributed by atoms with E-state index in [2.05, 4.69) is 30.5 Å². The van der Waals surface area contributed by atoms with E-state index in [1.807, 2.05) is 42.5 Å². The molecule has 0 saturated carbocycles. The zero-order valence-electron chi connectivity index (χ0n) is 19.9. The summed E-state index contributed by atoms with van der Waals surface area (Å²) in [4.78, 5) is 25.6. The van der Waals surface area contributed by atoms with Crippen LogP contribution < -0.4 is 15.4 Å². The molecule has 0 aliphatic carbocycles. The lowest BCUT2D eigenvalue weighted by molar-refractivity contribution is -0.116. The summed E-state index contributed by atoms with van der Waals surface area (Å²) in [5.41, 5.74) is 4.98. The maximum Gasteiger partial charge on any atom is 0.224 e. The lowest BCUT2D eigenvalue weighted by Gasteiger charge is -2.35. The van der Waals surface area contributed by atoms with Crippen LogP contribution in [0.5, 0.6) is 5.75 Å². The molecule has 4 rings (SSSR count). The minimum atomic E-state index is -0.178. The van der Waals surface area contributed by atoms with Crippen LogP contribution >= 0.6 is 0 Å². The van der Waals surface area contributed by atoms with Crippen LogP contribution in [0.15, 0.2) is 78.9 Å². The summed E-state index contributed by atoms with van der Waals surface area (Å²) in [6.07, 6.45) is 3.53. The van der Waals surface area contributed by atoms with E-state index in [0.717, 1.165) is 29.0 Å².